The highest BCUT2D eigenvalue weighted by Crippen LogP contribution is 2.20. The fourth-order valence-electron chi connectivity index (χ4n) is 3.56. The fourth-order valence-corrected chi connectivity index (χ4v) is 3.56. The molecule has 0 spiro atoms. The van der Waals surface area contributed by atoms with Crippen molar-refractivity contribution in [1.82, 2.24) is 4.90 Å². The Bertz CT molecular complexity index is 722. The van der Waals surface area contributed by atoms with Gasteiger partial charge in [0.2, 0.25) is 5.91 Å². The third-order valence-electron chi connectivity index (χ3n) is 5.15. The maximum absolute atomic E-state index is 12.5. The lowest BCUT2D eigenvalue weighted by atomic mass is 10.00. The van der Waals surface area contributed by atoms with Gasteiger partial charge in [-0.25, -0.2) is 0 Å². The molecule has 0 aliphatic carbocycles. The van der Waals surface area contributed by atoms with Crippen molar-refractivity contribution in [2.24, 2.45) is 0 Å². The Morgan fingerprint density at radius 2 is 1.73 bits per heavy atom. The summed E-state index contributed by atoms with van der Waals surface area (Å²) < 4.78 is 0. The number of rotatable bonds is 7. The van der Waals surface area contributed by atoms with Gasteiger partial charge in [0.1, 0.15) is 0 Å². The highest BCUT2D eigenvalue weighted by Gasteiger charge is 2.19. The Kier molecular flexibility index (Phi) is 6.16. The number of amides is 1. The van der Waals surface area contributed by atoms with E-state index < -0.39 is 0 Å². The van der Waals surface area contributed by atoms with Gasteiger partial charge in [-0.15, -0.1) is 0 Å². The van der Waals surface area contributed by atoms with Crippen LogP contribution in [0.4, 0.5) is 11.4 Å². The molecule has 1 aliphatic heterocycles. The largest absolute Gasteiger partial charge is 0.385 e. The normalized spacial score (nSPS) is 13.2. The summed E-state index contributed by atoms with van der Waals surface area (Å²) in [7, 11) is 0. The standard InChI is InChI=1S/C22H29N3O/c1-3-24(4-2)21-11-9-20(10-12-21)23-15-13-22(26)25-16-14-18-7-5-6-8-19(18)17-25/h5-12,23H,3-4,13-17H2,1-2H3. The van der Waals surface area contributed by atoms with Crippen LogP contribution in [0.15, 0.2) is 48.5 Å². The number of anilines is 2. The Labute approximate surface area is 156 Å². The van der Waals surface area contributed by atoms with Crippen LogP contribution in [0.5, 0.6) is 0 Å². The van der Waals surface area contributed by atoms with Crippen LogP contribution in [0.25, 0.3) is 0 Å². The van der Waals surface area contributed by atoms with E-state index in [0.29, 0.717) is 13.0 Å². The molecule has 2 aromatic carbocycles. The smallest absolute Gasteiger partial charge is 0.224 e. The molecule has 4 nitrogen and oxygen atoms in total. The van der Waals surface area contributed by atoms with Crippen molar-refractivity contribution in [3.05, 3.63) is 59.7 Å². The van der Waals surface area contributed by atoms with Gasteiger partial charge in [0, 0.05) is 50.5 Å². The fraction of sp³-hybridized carbons (Fsp3) is 0.409. The van der Waals surface area contributed by atoms with Gasteiger partial charge in [-0.1, -0.05) is 24.3 Å². The van der Waals surface area contributed by atoms with E-state index in [9.17, 15) is 4.79 Å². The molecule has 4 heteroatoms. The average molecular weight is 351 g/mol. The molecule has 0 saturated carbocycles. The van der Waals surface area contributed by atoms with Crippen LogP contribution < -0.4 is 10.2 Å². The molecule has 0 aromatic heterocycles. The van der Waals surface area contributed by atoms with E-state index in [2.05, 4.69) is 72.6 Å². The minimum absolute atomic E-state index is 0.228. The molecule has 138 valence electrons. The lowest BCUT2D eigenvalue weighted by Crippen LogP contribution is -2.36. The first-order valence-electron chi connectivity index (χ1n) is 9.64. The SMILES string of the molecule is CCN(CC)c1ccc(NCCC(=O)N2CCc3ccccc3C2)cc1. The summed E-state index contributed by atoms with van der Waals surface area (Å²) >= 11 is 0. The molecule has 0 radical (unpaired) electrons. The second kappa shape index (κ2) is 8.75. The van der Waals surface area contributed by atoms with Crippen molar-refractivity contribution in [3.8, 4) is 0 Å². The van der Waals surface area contributed by atoms with Crippen LogP contribution in [0.1, 0.15) is 31.4 Å². The molecule has 1 amide bonds. The van der Waals surface area contributed by atoms with Gasteiger partial charge in [0.15, 0.2) is 0 Å². The van der Waals surface area contributed by atoms with Crippen LogP contribution in [0, 0.1) is 0 Å². The maximum Gasteiger partial charge on any atom is 0.224 e. The summed E-state index contributed by atoms with van der Waals surface area (Å²) in [6.45, 7) is 8.59. The Morgan fingerprint density at radius 3 is 2.42 bits per heavy atom. The molecule has 1 N–H and O–H groups in total. The zero-order valence-corrected chi connectivity index (χ0v) is 15.9. The second-order valence-corrected chi connectivity index (χ2v) is 6.73. The minimum Gasteiger partial charge on any atom is -0.385 e. The van der Waals surface area contributed by atoms with Gasteiger partial charge in [-0.05, 0) is 55.7 Å². The molecule has 0 atom stereocenters. The van der Waals surface area contributed by atoms with Crippen molar-refractivity contribution in [3.63, 3.8) is 0 Å². The monoisotopic (exact) mass is 351 g/mol. The van der Waals surface area contributed by atoms with Crippen LogP contribution in [-0.2, 0) is 17.8 Å². The highest BCUT2D eigenvalue weighted by molar-refractivity contribution is 5.77. The number of benzene rings is 2. The van der Waals surface area contributed by atoms with Crippen molar-refractivity contribution >= 4 is 17.3 Å². The molecular weight excluding hydrogens is 322 g/mol. The molecule has 1 aliphatic rings. The summed E-state index contributed by atoms with van der Waals surface area (Å²) in [6, 6.07) is 16.9. The van der Waals surface area contributed by atoms with Gasteiger partial charge in [-0.3, -0.25) is 4.79 Å². The van der Waals surface area contributed by atoms with E-state index in [0.717, 1.165) is 38.3 Å². The van der Waals surface area contributed by atoms with Gasteiger partial charge in [-0.2, -0.15) is 0 Å². The van der Waals surface area contributed by atoms with E-state index in [4.69, 9.17) is 0 Å². The van der Waals surface area contributed by atoms with E-state index >= 15 is 0 Å². The lowest BCUT2D eigenvalue weighted by Gasteiger charge is -2.29. The summed E-state index contributed by atoms with van der Waals surface area (Å²) in [4.78, 5) is 16.8. The van der Waals surface area contributed by atoms with Crippen LogP contribution >= 0.6 is 0 Å². The molecule has 0 bridgehead atoms. The van der Waals surface area contributed by atoms with E-state index in [1.54, 1.807) is 0 Å². The Balaban J connectivity index is 1.47. The van der Waals surface area contributed by atoms with Gasteiger partial charge in [0.25, 0.3) is 0 Å². The third kappa shape index (κ3) is 4.37. The number of fused-ring (bicyclic) bond motifs is 1. The van der Waals surface area contributed by atoms with Gasteiger partial charge in [0.05, 0.1) is 0 Å². The van der Waals surface area contributed by atoms with Crippen LogP contribution in [0.3, 0.4) is 0 Å². The number of hydrogen-bond donors (Lipinski definition) is 1. The topological polar surface area (TPSA) is 35.6 Å². The van der Waals surface area contributed by atoms with Gasteiger partial charge < -0.3 is 15.1 Å². The van der Waals surface area contributed by atoms with Crippen molar-refractivity contribution in [1.29, 1.82) is 0 Å². The summed E-state index contributed by atoms with van der Waals surface area (Å²) in [5.74, 6) is 0.228. The zero-order chi connectivity index (χ0) is 18.4. The average Bonchev–Trinajstić information content (AvgIpc) is 2.69. The first-order valence-corrected chi connectivity index (χ1v) is 9.64. The molecule has 3 rings (SSSR count). The van der Waals surface area contributed by atoms with Crippen LogP contribution in [-0.4, -0.2) is 37.0 Å². The first-order chi connectivity index (χ1) is 12.7. The number of hydrogen-bond acceptors (Lipinski definition) is 3. The van der Waals surface area contributed by atoms with Crippen molar-refractivity contribution in [2.45, 2.75) is 33.2 Å². The molecule has 0 unspecified atom stereocenters. The maximum atomic E-state index is 12.5. The van der Waals surface area contributed by atoms with Crippen molar-refractivity contribution in [2.75, 3.05) is 36.4 Å². The number of carbonyl (C=O) groups excluding carboxylic acids is 1. The number of nitrogens with one attached hydrogen (secondary N) is 1. The molecule has 2 aromatic rings. The van der Waals surface area contributed by atoms with E-state index in [-0.39, 0.29) is 5.91 Å². The third-order valence-corrected chi connectivity index (χ3v) is 5.15. The quantitative estimate of drug-likeness (QED) is 0.821. The predicted molar refractivity (Wildman–Crippen MR) is 109 cm³/mol. The Hall–Kier alpha value is -2.49. The van der Waals surface area contributed by atoms with Crippen molar-refractivity contribution < 1.29 is 4.79 Å². The van der Waals surface area contributed by atoms with Crippen LogP contribution in [0.2, 0.25) is 0 Å². The van der Waals surface area contributed by atoms with E-state index in [1.807, 2.05) is 4.90 Å². The molecular formula is C22H29N3O. The lowest BCUT2D eigenvalue weighted by molar-refractivity contribution is -0.131. The molecule has 1 heterocycles. The second-order valence-electron chi connectivity index (χ2n) is 6.73. The Morgan fingerprint density at radius 1 is 1.04 bits per heavy atom. The molecule has 0 saturated heterocycles. The number of nitrogens with zero attached hydrogens (tertiary/aromatic N) is 2. The first kappa shape index (κ1) is 18.3. The minimum atomic E-state index is 0.228. The van der Waals surface area contributed by atoms with Gasteiger partial charge >= 0.3 is 0 Å². The summed E-state index contributed by atoms with van der Waals surface area (Å²) in [6.07, 6.45) is 1.49. The van der Waals surface area contributed by atoms with E-state index in [1.165, 1.54) is 16.8 Å². The highest BCUT2D eigenvalue weighted by atomic mass is 16.2. The zero-order valence-electron chi connectivity index (χ0n) is 15.9. The molecule has 26 heavy (non-hydrogen) atoms. The molecule has 0 fully saturated rings. The number of carbonyl (C=O) groups is 1. The summed E-state index contributed by atoms with van der Waals surface area (Å²) in [5.41, 5.74) is 4.97. The summed E-state index contributed by atoms with van der Waals surface area (Å²) in [5, 5.41) is 3.37. The predicted octanol–water partition coefficient (Wildman–Crippen LogP) is 3.92.